The van der Waals surface area contributed by atoms with Crippen LogP contribution in [-0.2, 0) is 10.5 Å². The molecule has 1 aromatic rings. The lowest BCUT2D eigenvalue weighted by molar-refractivity contribution is -0.127. The second-order valence-corrected chi connectivity index (χ2v) is 5.89. The summed E-state index contributed by atoms with van der Waals surface area (Å²) in [5.74, 6) is 2.29. The van der Waals surface area contributed by atoms with Crippen LogP contribution in [0.3, 0.4) is 0 Å². The van der Waals surface area contributed by atoms with Crippen LogP contribution in [0.1, 0.15) is 24.1 Å². The quantitative estimate of drug-likeness (QED) is 0.770. The van der Waals surface area contributed by atoms with Gasteiger partial charge in [-0.25, -0.2) is 0 Å². The van der Waals surface area contributed by atoms with E-state index in [2.05, 4.69) is 15.0 Å². The van der Waals surface area contributed by atoms with Crippen molar-refractivity contribution in [2.24, 2.45) is 0 Å². The molecular weight excluding hydrogens is 264 g/mol. The zero-order valence-corrected chi connectivity index (χ0v) is 12.4. The van der Waals surface area contributed by atoms with Crippen LogP contribution in [0, 0.1) is 0 Å². The number of aromatic nitrogens is 2. The largest absolute Gasteiger partial charge is 0.341 e. The summed E-state index contributed by atoms with van der Waals surface area (Å²) in [6.07, 6.45) is 2.48. The molecule has 0 aliphatic carbocycles. The molecule has 1 amide bonds. The summed E-state index contributed by atoms with van der Waals surface area (Å²) >= 11 is 1.66. The Kier molecular flexibility index (Phi) is 4.81. The van der Waals surface area contributed by atoms with Gasteiger partial charge in [-0.05, 0) is 20.4 Å². The maximum absolute atomic E-state index is 11.9. The third-order valence-electron chi connectivity index (χ3n) is 3.14. The Morgan fingerprint density at radius 1 is 1.53 bits per heavy atom. The van der Waals surface area contributed by atoms with E-state index in [0.29, 0.717) is 24.7 Å². The van der Waals surface area contributed by atoms with Crippen molar-refractivity contribution in [2.45, 2.75) is 18.1 Å². The Bertz CT molecular complexity index is 435. The van der Waals surface area contributed by atoms with Crippen molar-refractivity contribution in [2.75, 3.05) is 40.0 Å². The van der Waals surface area contributed by atoms with Crippen molar-refractivity contribution in [1.82, 2.24) is 19.9 Å². The van der Waals surface area contributed by atoms with Gasteiger partial charge >= 0.3 is 0 Å². The molecule has 6 nitrogen and oxygen atoms in total. The van der Waals surface area contributed by atoms with Gasteiger partial charge in [-0.1, -0.05) is 5.16 Å². The Hall–Kier alpha value is -1.08. The van der Waals surface area contributed by atoms with Gasteiger partial charge in [0, 0.05) is 26.1 Å². The molecule has 7 heteroatoms. The van der Waals surface area contributed by atoms with Gasteiger partial charge in [-0.2, -0.15) is 16.7 Å². The molecule has 0 radical (unpaired) electrons. The average Bonchev–Trinajstić information content (AvgIpc) is 2.94. The van der Waals surface area contributed by atoms with E-state index in [1.807, 2.05) is 25.3 Å². The zero-order chi connectivity index (χ0) is 13.8. The SMILES string of the molecule is CSCc1noc([C@H]2CC(=O)N(CCN(C)C)C2)n1. The first-order valence-electron chi connectivity index (χ1n) is 6.34. The first kappa shape index (κ1) is 14.3. The summed E-state index contributed by atoms with van der Waals surface area (Å²) in [6.45, 7) is 2.32. The summed E-state index contributed by atoms with van der Waals surface area (Å²) in [4.78, 5) is 20.2. The van der Waals surface area contributed by atoms with Gasteiger partial charge in [-0.15, -0.1) is 0 Å². The maximum Gasteiger partial charge on any atom is 0.232 e. The number of likely N-dealkylation sites (N-methyl/N-ethyl adjacent to an activating group) is 1. The summed E-state index contributed by atoms with van der Waals surface area (Å²) in [7, 11) is 4.01. The van der Waals surface area contributed by atoms with E-state index in [0.717, 1.165) is 18.8 Å². The minimum absolute atomic E-state index is 0.0535. The molecule has 1 saturated heterocycles. The predicted molar refractivity (Wildman–Crippen MR) is 74.0 cm³/mol. The molecule has 2 rings (SSSR count). The van der Waals surface area contributed by atoms with Crippen molar-refractivity contribution < 1.29 is 9.32 Å². The van der Waals surface area contributed by atoms with Gasteiger partial charge in [-0.3, -0.25) is 4.79 Å². The lowest BCUT2D eigenvalue weighted by Gasteiger charge is -2.18. The monoisotopic (exact) mass is 284 g/mol. The minimum atomic E-state index is 0.0535. The number of hydrogen-bond donors (Lipinski definition) is 0. The summed E-state index contributed by atoms with van der Waals surface area (Å²) in [5.41, 5.74) is 0. The highest BCUT2D eigenvalue weighted by molar-refractivity contribution is 7.97. The van der Waals surface area contributed by atoms with Crippen LogP contribution in [0.25, 0.3) is 0 Å². The van der Waals surface area contributed by atoms with Gasteiger partial charge in [0.2, 0.25) is 11.8 Å². The van der Waals surface area contributed by atoms with Crippen molar-refractivity contribution in [3.8, 4) is 0 Å². The maximum atomic E-state index is 11.9. The Morgan fingerprint density at radius 3 is 3.00 bits per heavy atom. The summed E-state index contributed by atoms with van der Waals surface area (Å²) < 4.78 is 5.26. The molecule has 19 heavy (non-hydrogen) atoms. The first-order valence-corrected chi connectivity index (χ1v) is 7.73. The predicted octanol–water partition coefficient (Wildman–Crippen LogP) is 0.810. The van der Waals surface area contributed by atoms with Gasteiger partial charge in [0.05, 0.1) is 11.7 Å². The number of nitrogens with zero attached hydrogens (tertiary/aromatic N) is 4. The molecule has 1 aliphatic rings. The molecule has 0 aromatic carbocycles. The fourth-order valence-corrected chi connectivity index (χ4v) is 2.47. The fraction of sp³-hybridized carbons (Fsp3) is 0.750. The van der Waals surface area contributed by atoms with Crippen LogP contribution in [0.2, 0.25) is 0 Å². The Morgan fingerprint density at radius 2 is 2.32 bits per heavy atom. The van der Waals surface area contributed by atoms with Gasteiger partial charge in [0.1, 0.15) is 0 Å². The van der Waals surface area contributed by atoms with Crippen molar-refractivity contribution in [3.63, 3.8) is 0 Å². The van der Waals surface area contributed by atoms with Crippen LogP contribution in [-0.4, -0.2) is 65.8 Å². The number of hydrogen-bond acceptors (Lipinski definition) is 6. The third-order valence-corrected chi connectivity index (χ3v) is 3.68. The molecule has 1 aliphatic heterocycles. The standard InChI is InChI=1S/C12H20N4O2S/c1-15(2)4-5-16-7-9(6-11(16)17)12-13-10(8-19-3)14-18-12/h9H,4-8H2,1-3H3/t9-/m0/s1. The molecule has 2 heterocycles. The van der Waals surface area contributed by atoms with E-state index >= 15 is 0 Å². The second-order valence-electron chi connectivity index (χ2n) is 5.03. The number of amides is 1. The van der Waals surface area contributed by atoms with Gasteiger partial charge in [0.25, 0.3) is 0 Å². The summed E-state index contributed by atoms with van der Waals surface area (Å²) in [6, 6.07) is 0. The number of likely N-dealkylation sites (tertiary alicyclic amines) is 1. The van der Waals surface area contributed by atoms with Crippen LogP contribution in [0.4, 0.5) is 0 Å². The minimum Gasteiger partial charge on any atom is -0.341 e. The normalized spacial score (nSPS) is 19.7. The molecule has 0 unspecified atom stereocenters. The Balaban J connectivity index is 1.93. The number of rotatable bonds is 6. The summed E-state index contributed by atoms with van der Waals surface area (Å²) in [5, 5.41) is 3.93. The highest BCUT2D eigenvalue weighted by Gasteiger charge is 2.33. The van der Waals surface area contributed by atoms with Crippen molar-refractivity contribution >= 4 is 17.7 Å². The molecule has 0 N–H and O–H groups in total. The average molecular weight is 284 g/mol. The topological polar surface area (TPSA) is 62.5 Å². The van der Waals surface area contributed by atoms with Crippen LogP contribution in [0.5, 0.6) is 0 Å². The highest BCUT2D eigenvalue weighted by atomic mass is 32.2. The van der Waals surface area contributed by atoms with Crippen LogP contribution in [0.15, 0.2) is 4.52 Å². The highest BCUT2D eigenvalue weighted by Crippen LogP contribution is 2.27. The van der Waals surface area contributed by atoms with Crippen molar-refractivity contribution in [3.05, 3.63) is 11.7 Å². The van der Waals surface area contributed by atoms with Crippen molar-refractivity contribution in [1.29, 1.82) is 0 Å². The Labute approximate surface area is 117 Å². The molecule has 106 valence electrons. The molecule has 1 fully saturated rings. The van der Waals surface area contributed by atoms with E-state index in [9.17, 15) is 4.79 Å². The van der Waals surface area contributed by atoms with E-state index in [-0.39, 0.29) is 11.8 Å². The van der Waals surface area contributed by atoms with Crippen LogP contribution < -0.4 is 0 Å². The van der Waals surface area contributed by atoms with E-state index in [4.69, 9.17) is 4.52 Å². The molecule has 0 spiro atoms. The number of thioether (sulfide) groups is 1. The molecule has 1 aromatic heterocycles. The molecule has 1 atom stereocenters. The van der Waals surface area contributed by atoms with E-state index in [1.165, 1.54) is 0 Å². The second kappa shape index (κ2) is 6.38. The molecule has 0 saturated carbocycles. The lowest BCUT2D eigenvalue weighted by atomic mass is 10.1. The fourth-order valence-electron chi connectivity index (χ4n) is 2.10. The zero-order valence-electron chi connectivity index (χ0n) is 11.6. The van der Waals surface area contributed by atoms with Crippen LogP contribution >= 0.6 is 11.8 Å². The molecule has 0 bridgehead atoms. The van der Waals surface area contributed by atoms with Gasteiger partial charge < -0.3 is 14.3 Å². The smallest absolute Gasteiger partial charge is 0.232 e. The first-order chi connectivity index (χ1) is 9.10. The third kappa shape index (κ3) is 3.70. The number of carbonyl (C=O) groups is 1. The van der Waals surface area contributed by atoms with E-state index < -0.39 is 0 Å². The number of carbonyl (C=O) groups excluding carboxylic acids is 1. The van der Waals surface area contributed by atoms with E-state index in [1.54, 1.807) is 11.8 Å². The lowest BCUT2D eigenvalue weighted by Crippen LogP contribution is -2.32. The molecular formula is C12H20N4O2S. The van der Waals surface area contributed by atoms with Gasteiger partial charge in [0.15, 0.2) is 5.82 Å².